The maximum Gasteiger partial charge on any atom is 0.175 e. The number of nitrogens with zero attached hydrogens (tertiary/aromatic N) is 1. The van der Waals surface area contributed by atoms with Gasteiger partial charge in [0.15, 0.2) is 9.84 Å². The summed E-state index contributed by atoms with van der Waals surface area (Å²) < 4.78 is 23.0. The summed E-state index contributed by atoms with van der Waals surface area (Å²) in [5.41, 5.74) is 7.18. The van der Waals surface area contributed by atoms with Crippen molar-refractivity contribution in [3.05, 3.63) is 41.6 Å². The molecule has 94 valence electrons. The Morgan fingerprint density at radius 1 is 1.28 bits per heavy atom. The summed E-state index contributed by atoms with van der Waals surface area (Å²) in [6, 6.07) is 8.06. The van der Waals surface area contributed by atoms with E-state index >= 15 is 0 Å². The Hall–Kier alpha value is -1.59. The lowest BCUT2D eigenvalue weighted by molar-refractivity contribution is 0.602. The molecular formula is C12H11ClN2O2S. The van der Waals surface area contributed by atoms with E-state index in [2.05, 4.69) is 4.98 Å². The van der Waals surface area contributed by atoms with Crippen molar-refractivity contribution in [3.8, 4) is 11.3 Å². The second kappa shape index (κ2) is 4.59. The Balaban J connectivity index is 2.58. The first kappa shape index (κ1) is 12.9. The number of aromatic nitrogens is 1. The highest BCUT2D eigenvalue weighted by Crippen LogP contribution is 2.28. The van der Waals surface area contributed by atoms with Crippen molar-refractivity contribution in [2.24, 2.45) is 0 Å². The van der Waals surface area contributed by atoms with Gasteiger partial charge < -0.3 is 5.73 Å². The van der Waals surface area contributed by atoms with Crippen molar-refractivity contribution in [3.63, 3.8) is 0 Å². The minimum absolute atomic E-state index is 0.231. The summed E-state index contributed by atoms with van der Waals surface area (Å²) >= 11 is 6.04. The molecule has 0 saturated heterocycles. The van der Waals surface area contributed by atoms with Gasteiger partial charge in [0.2, 0.25) is 0 Å². The standard InChI is InChI=1S/C12H11ClN2O2S/c1-18(16,17)10-4-2-3-8(5-10)12-11(13)6-9(14)7-15-12/h2-7H,14H2,1H3. The number of anilines is 1. The molecule has 0 fully saturated rings. The summed E-state index contributed by atoms with van der Waals surface area (Å²) in [5.74, 6) is 0. The lowest BCUT2D eigenvalue weighted by atomic mass is 10.1. The molecule has 0 aliphatic rings. The van der Waals surface area contributed by atoms with E-state index in [-0.39, 0.29) is 4.90 Å². The Morgan fingerprint density at radius 2 is 2.00 bits per heavy atom. The molecule has 2 N–H and O–H groups in total. The van der Waals surface area contributed by atoms with Gasteiger partial charge in [0.1, 0.15) is 0 Å². The maximum absolute atomic E-state index is 11.5. The number of benzene rings is 1. The number of sulfone groups is 1. The van der Waals surface area contributed by atoms with E-state index in [0.717, 1.165) is 6.26 Å². The molecule has 0 aliphatic heterocycles. The van der Waals surface area contributed by atoms with Crippen molar-refractivity contribution in [2.45, 2.75) is 4.90 Å². The summed E-state index contributed by atoms with van der Waals surface area (Å²) in [7, 11) is -3.25. The molecule has 18 heavy (non-hydrogen) atoms. The second-order valence-corrected chi connectivity index (χ2v) is 6.32. The Bertz CT molecular complexity index is 699. The van der Waals surface area contributed by atoms with Gasteiger partial charge in [-0.15, -0.1) is 0 Å². The highest BCUT2D eigenvalue weighted by molar-refractivity contribution is 7.90. The number of rotatable bonds is 2. The van der Waals surface area contributed by atoms with Crippen LogP contribution in [-0.4, -0.2) is 19.7 Å². The molecule has 0 unspecified atom stereocenters. The third kappa shape index (κ3) is 2.63. The third-order valence-corrected chi connectivity index (χ3v) is 3.80. The molecule has 0 atom stereocenters. The molecule has 0 spiro atoms. The van der Waals surface area contributed by atoms with E-state index in [0.29, 0.717) is 22.0 Å². The fourth-order valence-electron chi connectivity index (χ4n) is 1.54. The minimum atomic E-state index is -3.25. The summed E-state index contributed by atoms with van der Waals surface area (Å²) in [6.07, 6.45) is 2.64. The number of hydrogen-bond acceptors (Lipinski definition) is 4. The summed E-state index contributed by atoms with van der Waals surface area (Å²) in [5, 5.41) is 0.389. The van der Waals surface area contributed by atoms with Crippen LogP contribution in [-0.2, 0) is 9.84 Å². The number of pyridine rings is 1. The average molecular weight is 283 g/mol. The summed E-state index contributed by atoms with van der Waals surface area (Å²) in [4.78, 5) is 4.35. The maximum atomic E-state index is 11.5. The molecule has 0 bridgehead atoms. The quantitative estimate of drug-likeness (QED) is 0.918. The van der Waals surface area contributed by atoms with E-state index in [9.17, 15) is 8.42 Å². The highest BCUT2D eigenvalue weighted by Gasteiger charge is 2.11. The van der Waals surface area contributed by atoms with Crippen LogP contribution >= 0.6 is 11.6 Å². The van der Waals surface area contributed by atoms with Crippen molar-refractivity contribution in [2.75, 3.05) is 12.0 Å². The number of halogens is 1. The molecule has 0 amide bonds. The van der Waals surface area contributed by atoms with Crippen LogP contribution in [0.1, 0.15) is 0 Å². The van der Waals surface area contributed by atoms with E-state index in [1.54, 1.807) is 24.3 Å². The highest BCUT2D eigenvalue weighted by atomic mass is 35.5. The second-order valence-electron chi connectivity index (χ2n) is 3.90. The molecule has 6 heteroatoms. The van der Waals surface area contributed by atoms with E-state index < -0.39 is 9.84 Å². The lowest BCUT2D eigenvalue weighted by Crippen LogP contribution is -1.97. The first-order valence-corrected chi connectivity index (χ1v) is 7.36. The van der Waals surface area contributed by atoms with Gasteiger partial charge in [-0.05, 0) is 18.2 Å². The van der Waals surface area contributed by atoms with Gasteiger partial charge in [-0.1, -0.05) is 23.7 Å². The molecule has 4 nitrogen and oxygen atoms in total. The van der Waals surface area contributed by atoms with Gasteiger partial charge in [-0.3, -0.25) is 4.98 Å². The van der Waals surface area contributed by atoms with Gasteiger partial charge in [0.25, 0.3) is 0 Å². The van der Waals surface area contributed by atoms with Crippen LogP contribution in [0.5, 0.6) is 0 Å². The number of nitrogens with two attached hydrogens (primary N) is 1. The molecule has 1 aromatic heterocycles. The van der Waals surface area contributed by atoms with Crippen LogP contribution in [0, 0.1) is 0 Å². The molecule has 0 aliphatic carbocycles. The first-order chi connectivity index (χ1) is 8.38. The zero-order chi connectivity index (χ0) is 13.3. The molecule has 1 aromatic carbocycles. The fraction of sp³-hybridized carbons (Fsp3) is 0.0833. The number of nitrogen functional groups attached to an aromatic ring is 1. The van der Waals surface area contributed by atoms with Crippen molar-refractivity contribution in [1.82, 2.24) is 4.98 Å². The zero-order valence-corrected chi connectivity index (χ0v) is 11.2. The van der Waals surface area contributed by atoms with Gasteiger partial charge in [-0.25, -0.2) is 8.42 Å². The van der Waals surface area contributed by atoms with Gasteiger partial charge in [0, 0.05) is 11.8 Å². The van der Waals surface area contributed by atoms with E-state index in [1.807, 2.05) is 0 Å². The van der Waals surface area contributed by atoms with Crippen molar-refractivity contribution < 1.29 is 8.42 Å². The summed E-state index contributed by atoms with van der Waals surface area (Å²) in [6.45, 7) is 0. The Kier molecular flexibility index (Phi) is 3.28. The normalized spacial score (nSPS) is 11.4. The first-order valence-electron chi connectivity index (χ1n) is 5.09. The Labute approximate surface area is 110 Å². The van der Waals surface area contributed by atoms with Crippen LogP contribution < -0.4 is 5.73 Å². The van der Waals surface area contributed by atoms with Crippen LogP contribution in [0.25, 0.3) is 11.3 Å². The third-order valence-electron chi connectivity index (χ3n) is 2.40. The van der Waals surface area contributed by atoms with Crippen LogP contribution in [0.3, 0.4) is 0 Å². The van der Waals surface area contributed by atoms with Crippen molar-refractivity contribution >= 4 is 27.1 Å². The molecule has 2 rings (SSSR count). The largest absolute Gasteiger partial charge is 0.397 e. The van der Waals surface area contributed by atoms with E-state index in [4.69, 9.17) is 17.3 Å². The Morgan fingerprint density at radius 3 is 2.61 bits per heavy atom. The average Bonchev–Trinajstić information content (AvgIpc) is 2.28. The van der Waals surface area contributed by atoms with Crippen molar-refractivity contribution in [1.29, 1.82) is 0 Å². The van der Waals surface area contributed by atoms with Gasteiger partial charge in [0.05, 0.1) is 27.5 Å². The molecular weight excluding hydrogens is 272 g/mol. The SMILES string of the molecule is CS(=O)(=O)c1cccc(-c2ncc(N)cc2Cl)c1. The monoisotopic (exact) mass is 282 g/mol. The molecule has 0 radical (unpaired) electrons. The van der Waals surface area contributed by atoms with Crippen LogP contribution in [0.4, 0.5) is 5.69 Å². The number of hydrogen-bond donors (Lipinski definition) is 1. The van der Waals surface area contributed by atoms with E-state index in [1.165, 1.54) is 12.3 Å². The van der Waals surface area contributed by atoms with Gasteiger partial charge in [-0.2, -0.15) is 0 Å². The fourth-order valence-corrected chi connectivity index (χ4v) is 2.49. The minimum Gasteiger partial charge on any atom is -0.397 e. The van der Waals surface area contributed by atoms with Crippen LogP contribution in [0.2, 0.25) is 5.02 Å². The zero-order valence-electron chi connectivity index (χ0n) is 9.59. The predicted molar refractivity (Wildman–Crippen MR) is 72.2 cm³/mol. The molecule has 2 aromatic rings. The van der Waals surface area contributed by atoms with Crippen LogP contribution in [0.15, 0.2) is 41.4 Å². The smallest absolute Gasteiger partial charge is 0.175 e. The van der Waals surface area contributed by atoms with Gasteiger partial charge >= 0.3 is 0 Å². The molecule has 0 saturated carbocycles. The lowest BCUT2D eigenvalue weighted by Gasteiger charge is -2.06. The predicted octanol–water partition coefficient (Wildman–Crippen LogP) is 2.39. The molecule has 1 heterocycles. The topological polar surface area (TPSA) is 73.0 Å².